The van der Waals surface area contributed by atoms with Gasteiger partial charge in [-0.3, -0.25) is 0 Å². The molecule has 0 aliphatic rings. The summed E-state index contributed by atoms with van der Waals surface area (Å²) in [5.74, 6) is 0.264. The molecule has 2 rings (SSSR count). The molecule has 0 bridgehead atoms. The van der Waals surface area contributed by atoms with Crippen LogP contribution in [-0.4, -0.2) is 6.36 Å². The molecule has 2 aromatic carbocycles. The molecule has 0 amide bonds. The second-order valence-corrected chi connectivity index (χ2v) is 4.79. The summed E-state index contributed by atoms with van der Waals surface area (Å²) in [7, 11) is 0. The first-order valence-corrected chi connectivity index (χ1v) is 6.40. The molecule has 0 atom stereocenters. The Labute approximate surface area is 126 Å². The lowest BCUT2D eigenvalue weighted by Gasteiger charge is -2.10. The van der Waals surface area contributed by atoms with E-state index in [0.717, 1.165) is 16.6 Å². The number of rotatable bonds is 3. The Kier molecular flexibility index (Phi) is 4.38. The lowest BCUT2D eigenvalue weighted by atomic mass is 10.2. The van der Waals surface area contributed by atoms with E-state index in [2.05, 4.69) is 20.7 Å². The molecular formula is C14H7BrF3NO2. The molecule has 7 heteroatoms. The number of nitrogens with zero attached hydrogens (tertiary/aromatic N) is 1. The van der Waals surface area contributed by atoms with E-state index in [1.807, 2.05) is 6.07 Å². The van der Waals surface area contributed by atoms with E-state index >= 15 is 0 Å². The summed E-state index contributed by atoms with van der Waals surface area (Å²) < 4.78 is 46.0. The van der Waals surface area contributed by atoms with Gasteiger partial charge in [-0.05, 0) is 42.5 Å². The number of nitriles is 1. The molecule has 0 N–H and O–H groups in total. The average Bonchev–Trinajstić information content (AvgIpc) is 2.41. The summed E-state index contributed by atoms with van der Waals surface area (Å²) in [6.45, 7) is 0. The van der Waals surface area contributed by atoms with E-state index in [4.69, 9.17) is 10.00 Å². The zero-order valence-electron chi connectivity index (χ0n) is 10.3. The van der Waals surface area contributed by atoms with Crippen LogP contribution in [0.15, 0.2) is 46.9 Å². The molecule has 3 nitrogen and oxygen atoms in total. The summed E-state index contributed by atoms with van der Waals surface area (Å²) in [5.41, 5.74) is 0.306. The highest BCUT2D eigenvalue weighted by atomic mass is 79.9. The van der Waals surface area contributed by atoms with Gasteiger partial charge < -0.3 is 9.47 Å². The maximum Gasteiger partial charge on any atom is 0.573 e. The van der Waals surface area contributed by atoms with Gasteiger partial charge in [0, 0.05) is 4.47 Å². The molecular weight excluding hydrogens is 351 g/mol. The highest BCUT2D eigenvalue weighted by Crippen LogP contribution is 2.30. The largest absolute Gasteiger partial charge is 0.573 e. The molecule has 0 saturated carbocycles. The summed E-state index contributed by atoms with van der Waals surface area (Å²) >= 11 is 3.23. The molecule has 108 valence electrons. The Bertz CT molecular complexity index is 678. The van der Waals surface area contributed by atoms with Crippen LogP contribution in [-0.2, 0) is 0 Å². The first kappa shape index (κ1) is 15.2. The lowest BCUT2D eigenvalue weighted by Crippen LogP contribution is -2.16. The summed E-state index contributed by atoms with van der Waals surface area (Å²) in [6, 6.07) is 11.7. The number of benzene rings is 2. The fourth-order valence-electron chi connectivity index (χ4n) is 1.51. The van der Waals surface area contributed by atoms with E-state index in [1.165, 1.54) is 12.1 Å². The summed E-state index contributed by atoms with van der Waals surface area (Å²) in [6.07, 6.45) is -4.73. The van der Waals surface area contributed by atoms with Crippen molar-refractivity contribution in [1.82, 2.24) is 0 Å². The first-order valence-electron chi connectivity index (χ1n) is 5.61. The minimum absolute atomic E-state index is 0.295. The van der Waals surface area contributed by atoms with E-state index in [9.17, 15) is 13.2 Å². The number of alkyl halides is 3. The van der Waals surface area contributed by atoms with Crippen LogP contribution in [0.5, 0.6) is 17.2 Å². The van der Waals surface area contributed by atoms with E-state index in [-0.39, 0.29) is 5.75 Å². The van der Waals surface area contributed by atoms with Crippen molar-refractivity contribution in [2.75, 3.05) is 0 Å². The van der Waals surface area contributed by atoms with Crippen LogP contribution in [0.3, 0.4) is 0 Å². The van der Waals surface area contributed by atoms with Crippen molar-refractivity contribution >= 4 is 15.9 Å². The maximum atomic E-state index is 12.0. The van der Waals surface area contributed by atoms with Crippen LogP contribution in [0.2, 0.25) is 0 Å². The number of halogens is 4. The smallest absolute Gasteiger partial charge is 0.456 e. The van der Waals surface area contributed by atoms with Gasteiger partial charge in [-0.15, -0.1) is 13.2 Å². The molecule has 0 aromatic heterocycles. The highest BCUT2D eigenvalue weighted by molar-refractivity contribution is 9.10. The van der Waals surface area contributed by atoms with Crippen molar-refractivity contribution in [3.05, 3.63) is 52.5 Å². The van der Waals surface area contributed by atoms with Crippen molar-refractivity contribution in [1.29, 1.82) is 5.26 Å². The van der Waals surface area contributed by atoms with Crippen LogP contribution in [0.1, 0.15) is 5.56 Å². The van der Waals surface area contributed by atoms with Crippen LogP contribution >= 0.6 is 15.9 Å². The zero-order chi connectivity index (χ0) is 15.5. The van der Waals surface area contributed by atoms with Crippen molar-refractivity contribution in [3.63, 3.8) is 0 Å². The predicted octanol–water partition coefficient (Wildman–Crippen LogP) is 5.01. The first-order chi connectivity index (χ1) is 9.87. The van der Waals surface area contributed by atoms with Gasteiger partial charge in [-0.2, -0.15) is 5.26 Å². The second-order valence-electron chi connectivity index (χ2n) is 3.87. The monoisotopic (exact) mass is 357 g/mol. The standard InChI is InChI=1S/C14H7BrF3NO2/c15-10-1-6-13(9(7-10)8-19)20-11-2-4-12(5-3-11)21-14(16,17)18/h1-7H. The third kappa shape index (κ3) is 4.39. The van der Waals surface area contributed by atoms with Crippen molar-refractivity contribution in [2.45, 2.75) is 6.36 Å². The minimum atomic E-state index is -4.73. The quantitative estimate of drug-likeness (QED) is 0.775. The molecule has 0 spiro atoms. The van der Waals surface area contributed by atoms with E-state index < -0.39 is 6.36 Å². The fraction of sp³-hybridized carbons (Fsp3) is 0.0714. The van der Waals surface area contributed by atoms with E-state index in [1.54, 1.807) is 18.2 Å². The van der Waals surface area contributed by atoms with Crippen LogP contribution in [0, 0.1) is 11.3 Å². The SMILES string of the molecule is N#Cc1cc(Br)ccc1Oc1ccc(OC(F)(F)F)cc1. The highest BCUT2D eigenvalue weighted by Gasteiger charge is 2.30. The molecule has 2 aromatic rings. The van der Waals surface area contributed by atoms with Crippen molar-refractivity contribution in [3.8, 4) is 23.3 Å². The predicted molar refractivity (Wildman–Crippen MR) is 72.1 cm³/mol. The molecule has 0 saturated heterocycles. The lowest BCUT2D eigenvalue weighted by molar-refractivity contribution is -0.274. The summed E-state index contributed by atoms with van der Waals surface area (Å²) in [5, 5.41) is 9.00. The minimum Gasteiger partial charge on any atom is -0.456 e. The average molecular weight is 358 g/mol. The van der Waals surface area contributed by atoms with Crippen molar-refractivity contribution in [2.24, 2.45) is 0 Å². The normalized spacial score (nSPS) is 10.8. The second kappa shape index (κ2) is 6.06. The summed E-state index contributed by atoms with van der Waals surface area (Å²) in [4.78, 5) is 0. The third-order valence-electron chi connectivity index (χ3n) is 2.35. The molecule has 0 fully saturated rings. The van der Waals surface area contributed by atoms with Gasteiger partial charge in [0.2, 0.25) is 0 Å². The maximum absolute atomic E-state index is 12.0. The number of ether oxygens (including phenoxy) is 2. The third-order valence-corrected chi connectivity index (χ3v) is 2.84. The van der Waals surface area contributed by atoms with Gasteiger partial charge in [-0.25, -0.2) is 0 Å². The molecule has 21 heavy (non-hydrogen) atoms. The number of hydrogen-bond acceptors (Lipinski definition) is 3. The topological polar surface area (TPSA) is 42.2 Å². The fourth-order valence-corrected chi connectivity index (χ4v) is 1.88. The Morgan fingerprint density at radius 1 is 1.00 bits per heavy atom. The van der Waals surface area contributed by atoms with Crippen molar-refractivity contribution < 1.29 is 22.6 Å². The Hall–Kier alpha value is -2.20. The van der Waals surface area contributed by atoms with Gasteiger partial charge in [0.25, 0.3) is 0 Å². The van der Waals surface area contributed by atoms with Gasteiger partial charge in [0.1, 0.15) is 23.3 Å². The number of hydrogen-bond donors (Lipinski definition) is 0. The molecule has 0 aliphatic carbocycles. The Morgan fingerprint density at radius 3 is 2.19 bits per heavy atom. The molecule has 0 heterocycles. The van der Waals surface area contributed by atoms with Crippen LogP contribution < -0.4 is 9.47 Å². The van der Waals surface area contributed by atoms with Gasteiger partial charge in [0.05, 0.1) is 5.56 Å². The molecule has 0 aliphatic heterocycles. The van der Waals surface area contributed by atoms with Gasteiger partial charge in [-0.1, -0.05) is 15.9 Å². The van der Waals surface area contributed by atoms with Crippen LogP contribution in [0.25, 0.3) is 0 Å². The molecule has 0 radical (unpaired) electrons. The zero-order valence-corrected chi connectivity index (χ0v) is 11.9. The van der Waals surface area contributed by atoms with Gasteiger partial charge >= 0.3 is 6.36 Å². The van der Waals surface area contributed by atoms with Crippen LogP contribution in [0.4, 0.5) is 13.2 Å². The van der Waals surface area contributed by atoms with E-state index in [0.29, 0.717) is 17.1 Å². The molecule has 0 unspecified atom stereocenters. The Balaban J connectivity index is 2.16. The Morgan fingerprint density at radius 2 is 1.62 bits per heavy atom. The van der Waals surface area contributed by atoms with Gasteiger partial charge in [0.15, 0.2) is 0 Å².